The van der Waals surface area contributed by atoms with Crippen LogP contribution in [0, 0.1) is 0 Å². The van der Waals surface area contributed by atoms with Crippen LogP contribution in [0.15, 0.2) is 47.4 Å². The molecule has 2 aromatic carbocycles. The highest BCUT2D eigenvalue weighted by Crippen LogP contribution is 2.29. The largest absolute Gasteiger partial charge is 0.495 e. The number of rotatable bonds is 7. The van der Waals surface area contributed by atoms with Crippen LogP contribution in [0.3, 0.4) is 0 Å². The monoisotopic (exact) mass is 468 g/mol. The normalized spacial score (nSPS) is 11.7. The van der Waals surface area contributed by atoms with Gasteiger partial charge in [-0.25, -0.2) is 8.42 Å². The number of ether oxygens (including phenoxy) is 1. The van der Waals surface area contributed by atoms with Gasteiger partial charge < -0.3 is 10.1 Å². The lowest BCUT2D eigenvalue weighted by molar-refractivity contribution is -0.128. The van der Waals surface area contributed by atoms with Crippen LogP contribution in [-0.2, 0) is 19.6 Å². The third-order valence-electron chi connectivity index (χ3n) is 3.95. The third kappa shape index (κ3) is 6.33. The Labute approximate surface area is 184 Å². The number of halogens is 1. The summed E-state index contributed by atoms with van der Waals surface area (Å²) in [5, 5.41) is 2.25. The van der Waals surface area contributed by atoms with Gasteiger partial charge in [-0.05, 0) is 37.3 Å². The maximum absolute atomic E-state index is 12.8. The molecule has 0 aliphatic heterocycles. The fraction of sp³-hybridized carbons (Fsp3) is 0.211. The van der Waals surface area contributed by atoms with Crippen LogP contribution >= 0.6 is 11.6 Å². The first kappa shape index (κ1) is 24.0. The predicted molar refractivity (Wildman–Crippen MR) is 114 cm³/mol. The summed E-state index contributed by atoms with van der Waals surface area (Å²) in [5.41, 5.74) is 4.41. The number of amides is 3. The van der Waals surface area contributed by atoms with Crippen molar-refractivity contribution in [2.24, 2.45) is 0 Å². The fourth-order valence-corrected chi connectivity index (χ4v) is 4.05. The second-order valence-electron chi connectivity index (χ2n) is 6.32. The molecule has 0 spiro atoms. The lowest BCUT2D eigenvalue weighted by Crippen LogP contribution is -2.50. The van der Waals surface area contributed by atoms with E-state index in [1.165, 1.54) is 39.2 Å². The third-order valence-corrected chi connectivity index (χ3v) is 5.79. The number of benzene rings is 2. The summed E-state index contributed by atoms with van der Waals surface area (Å²) < 4.78 is 33.2. The molecule has 0 radical (unpaired) electrons. The number of methoxy groups -OCH3 is 1. The highest BCUT2D eigenvalue weighted by atomic mass is 35.5. The minimum Gasteiger partial charge on any atom is -0.495 e. The van der Waals surface area contributed by atoms with E-state index in [1.807, 2.05) is 0 Å². The zero-order valence-corrected chi connectivity index (χ0v) is 18.4. The number of nitrogens with one attached hydrogen (secondary N) is 4. The van der Waals surface area contributed by atoms with Crippen LogP contribution in [0.2, 0.25) is 5.02 Å². The van der Waals surface area contributed by atoms with Gasteiger partial charge >= 0.3 is 0 Å². The molecule has 0 saturated heterocycles. The van der Waals surface area contributed by atoms with Crippen LogP contribution in [0.4, 0.5) is 5.69 Å². The quantitative estimate of drug-likeness (QED) is 0.453. The molecule has 0 saturated carbocycles. The van der Waals surface area contributed by atoms with E-state index < -0.39 is 33.8 Å². The first-order valence-corrected chi connectivity index (χ1v) is 10.7. The number of hydrogen-bond donors (Lipinski definition) is 4. The van der Waals surface area contributed by atoms with Gasteiger partial charge in [0.15, 0.2) is 0 Å². The van der Waals surface area contributed by atoms with Gasteiger partial charge in [0, 0.05) is 12.5 Å². The summed E-state index contributed by atoms with van der Waals surface area (Å²) in [4.78, 5) is 34.9. The Balaban J connectivity index is 2.20. The first-order valence-electron chi connectivity index (χ1n) is 8.88. The Morgan fingerprint density at radius 1 is 1.06 bits per heavy atom. The summed E-state index contributed by atoms with van der Waals surface area (Å²) in [6, 6.07) is 9.10. The van der Waals surface area contributed by atoms with E-state index in [4.69, 9.17) is 16.3 Å². The molecule has 12 heteroatoms. The molecule has 0 fully saturated rings. The van der Waals surface area contributed by atoms with Gasteiger partial charge in [0.25, 0.3) is 21.8 Å². The summed E-state index contributed by atoms with van der Waals surface area (Å²) in [7, 11) is -2.77. The van der Waals surface area contributed by atoms with E-state index in [-0.39, 0.29) is 21.2 Å². The minimum absolute atomic E-state index is 0.0720. The lowest BCUT2D eigenvalue weighted by atomic mass is 10.2. The number of carbonyl (C=O) groups excluding carboxylic acids is 3. The fourth-order valence-electron chi connectivity index (χ4n) is 2.45. The molecule has 0 aromatic heterocycles. The average molecular weight is 469 g/mol. The second-order valence-corrected chi connectivity index (χ2v) is 8.37. The molecule has 2 rings (SSSR count). The minimum atomic E-state index is -4.17. The van der Waals surface area contributed by atoms with Gasteiger partial charge in [0.1, 0.15) is 16.7 Å². The van der Waals surface area contributed by atoms with E-state index in [0.29, 0.717) is 5.75 Å². The number of hydrogen-bond acceptors (Lipinski definition) is 6. The van der Waals surface area contributed by atoms with E-state index in [0.717, 1.165) is 6.07 Å². The molecule has 0 aliphatic rings. The van der Waals surface area contributed by atoms with Crippen LogP contribution < -0.4 is 25.6 Å². The van der Waals surface area contributed by atoms with Gasteiger partial charge in [-0.3, -0.25) is 30.0 Å². The molecule has 1 unspecified atom stereocenters. The molecule has 0 heterocycles. The summed E-state index contributed by atoms with van der Waals surface area (Å²) >= 11 is 6.05. The van der Waals surface area contributed by atoms with Gasteiger partial charge in [-0.15, -0.1) is 0 Å². The zero-order valence-electron chi connectivity index (χ0n) is 16.9. The molecule has 0 aliphatic carbocycles. The van der Waals surface area contributed by atoms with Crippen molar-refractivity contribution in [2.75, 3.05) is 11.8 Å². The molecule has 31 heavy (non-hydrogen) atoms. The van der Waals surface area contributed by atoms with E-state index >= 15 is 0 Å². The molecular formula is C19H21ClN4O6S. The molecule has 1 atom stereocenters. The van der Waals surface area contributed by atoms with Crippen LogP contribution in [0.5, 0.6) is 5.75 Å². The van der Waals surface area contributed by atoms with Gasteiger partial charge in [-0.1, -0.05) is 23.7 Å². The van der Waals surface area contributed by atoms with E-state index in [2.05, 4.69) is 20.9 Å². The summed E-state index contributed by atoms with van der Waals surface area (Å²) in [6.07, 6.45) is 0. The zero-order chi connectivity index (χ0) is 23.2. The molecule has 4 N–H and O–H groups in total. The van der Waals surface area contributed by atoms with Crippen molar-refractivity contribution in [1.29, 1.82) is 0 Å². The Hall–Kier alpha value is -3.31. The van der Waals surface area contributed by atoms with Crippen LogP contribution in [0.25, 0.3) is 0 Å². The summed E-state index contributed by atoms with van der Waals surface area (Å²) in [5.74, 6) is -1.56. The van der Waals surface area contributed by atoms with Gasteiger partial charge in [-0.2, -0.15) is 0 Å². The van der Waals surface area contributed by atoms with Crippen LogP contribution in [0.1, 0.15) is 24.2 Å². The Kier molecular flexibility index (Phi) is 7.83. The molecule has 10 nitrogen and oxygen atoms in total. The summed E-state index contributed by atoms with van der Waals surface area (Å²) in [6.45, 7) is 2.68. The first-order chi connectivity index (χ1) is 14.5. The van der Waals surface area contributed by atoms with Crippen LogP contribution in [-0.4, -0.2) is 39.3 Å². The Morgan fingerprint density at radius 3 is 2.39 bits per heavy atom. The Morgan fingerprint density at radius 2 is 1.74 bits per heavy atom. The Bertz CT molecular complexity index is 1110. The van der Waals surface area contributed by atoms with Crippen molar-refractivity contribution in [2.45, 2.75) is 24.8 Å². The lowest BCUT2D eigenvalue weighted by Gasteiger charge is -2.15. The van der Waals surface area contributed by atoms with Crippen molar-refractivity contribution >= 4 is 45.0 Å². The molecule has 2 aromatic rings. The maximum Gasteiger partial charge on any atom is 0.269 e. The van der Waals surface area contributed by atoms with Gasteiger partial charge in [0.2, 0.25) is 5.91 Å². The van der Waals surface area contributed by atoms with Crippen molar-refractivity contribution in [3.8, 4) is 5.75 Å². The highest BCUT2D eigenvalue weighted by molar-refractivity contribution is 7.92. The molecule has 166 valence electrons. The number of sulfonamides is 1. The number of hydrazine groups is 1. The molecule has 0 bridgehead atoms. The average Bonchev–Trinajstić information content (AvgIpc) is 2.71. The highest BCUT2D eigenvalue weighted by Gasteiger charge is 2.22. The number of carbonyl (C=O) groups is 3. The van der Waals surface area contributed by atoms with Crippen molar-refractivity contribution in [1.82, 2.24) is 16.2 Å². The van der Waals surface area contributed by atoms with Crippen molar-refractivity contribution < 1.29 is 27.5 Å². The standard InChI is InChI=1S/C19H21ClN4O6S/c1-11(21-12(2)25)18(26)22-23-19(27)13-8-9-14(20)17(10-13)31(28,29)24-15-6-4-5-7-16(15)30-3/h4-11,24H,1-3H3,(H,21,25)(H,22,26)(H,23,27). The number of anilines is 1. The molecular weight excluding hydrogens is 448 g/mol. The van der Waals surface area contributed by atoms with E-state index in [9.17, 15) is 22.8 Å². The second kappa shape index (κ2) is 10.1. The maximum atomic E-state index is 12.8. The smallest absolute Gasteiger partial charge is 0.269 e. The topological polar surface area (TPSA) is 143 Å². The predicted octanol–water partition coefficient (Wildman–Crippen LogP) is 1.44. The molecule has 3 amide bonds. The van der Waals surface area contributed by atoms with Crippen molar-refractivity contribution in [3.05, 3.63) is 53.1 Å². The van der Waals surface area contributed by atoms with Gasteiger partial charge in [0.05, 0.1) is 17.8 Å². The SMILES string of the molecule is COc1ccccc1NS(=O)(=O)c1cc(C(=O)NNC(=O)C(C)NC(C)=O)ccc1Cl. The number of para-hydroxylation sites is 2. The van der Waals surface area contributed by atoms with E-state index in [1.54, 1.807) is 18.2 Å². The van der Waals surface area contributed by atoms with Crippen molar-refractivity contribution in [3.63, 3.8) is 0 Å².